The highest BCUT2D eigenvalue weighted by atomic mass is 16.4. The van der Waals surface area contributed by atoms with Gasteiger partial charge in [0.15, 0.2) is 0 Å². The summed E-state index contributed by atoms with van der Waals surface area (Å²) in [4.78, 5) is 38.3. The number of carbonyl (C=O) groups excluding carboxylic acids is 2. The molecule has 3 unspecified atom stereocenters. The van der Waals surface area contributed by atoms with Crippen LogP contribution < -0.4 is 10.2 Å². The molecule has 1 aromatic carbocycles. The summed E-state index contributed by atoms with van der Waals surface area (Å²) in [5, 5.41) is 12.1. The van der Waals surface area contributed by atoms with Crippen molar-refractivity contribution < 1.29 is 19.5 Å². The molecule has 3 atom stereocenters. The Morgan fingerprint density at radius 3 is 2.46 bits per heavy atom. The van der Waals surface area contributed by atoms with Gasteiger partial charge in [0.25, 0.3) is 0 Å². The fourth-order valence-electron chi connectivity index (χ4n) is 3.93. The fourth-order valence-corrected chi connectivity index (χ4v) is 3.93. The number of nitrogens with one attached hydrogen (secondary N) is 1. The monoisotopic (exact) mass is 358 g/mol. The van der Waals surface area contributed by atoms with Crippen LogP contribution in [0.2, 0.25) is 0 Å². The van der Waals surface area contributed by atoms with Crippen LogP contribution in [0.15, 0.2) is 24.3 Å². The Morgan fingerprint density at radius 2 is 1.77 bits per heavy atom. The van der Waals surface area contributed by atoms with Crippen LogP contribution >= 0.6 is 0 Å². The molecule has 1 aromatic rings. The summed E-state index contributed by atoms with van der Waals surface area (Å²) in [6, 6.07) is 7.27. The van der Waals surface area contributed by atoms with E-state index >= 15 is 0 Å². The number of aryl methyl sites for hydroxylation is 1. The average molecular weight is 358 g/mol. The highest BCUT2D eigenvalue weighted by Gasteiger charge is 2.35. The van der Waals surface area contributed by atoms with Crippen molar-refractivity contribution in [3.63, 3.8) is 0 Å². The van der Waals surface area contributed by atoms with Crippen LogP contribution in [0.4, 0.5) is 5.69 Å². The van der Waals surface area contributed by atoms with Gasteiger partial charge in [-0.3, -0.25) is 14.4 Å². The topological polar surface area (TPSA) is 86.7 Å². The second-order valence-electron chi connectivity index (χ2n) is 7.43. The Morgan fingerprint density at radius 1 is 1.08 bits per heavy atom. The van der Waals surface area contributed by atoms with E-state index < -0.39 is 17.9 Å². The first-order valence-electron chi connectivity index (χ1n) is 9.37. The number of amides is 2. The molecule has 6 heteroatoms. The molecule has 0 aromatic heterocycles. The largest absolute Gasteiger partial charge is 0.481 e. The van der Waals surface area contributed by atoms with Gasteiger partial charge in [-0.1, -0.05) is 24.1 Å². The molecule has 0 radical (unpaired) electrons. The SMILES string of the molecule is Cc1ccc(N2CCCC(NC(=O)C3CCCC(C(=O)O)C3)C2=O)cc1. The molecule has 1 saturated heterocycles. The van der Waals surface area contributed by atoms with Gasteiger partial charge in [0.05, 0.1) is 5.92 Å². The van der Waals surface area contributed by atoms with Gasteiger partial charge in [0.1, 0.15) is 6.04 Å². The Balaban J connectivity index is 1.63. The molecule has 0 spiro atoms. The van der Waals surface area contributed by atoms with Crippen LogP contribution in [0.25, 0.3) is 0 Å². The van der Waals surface area contributed by atoms with E-state index in [9.17, 15) is 19.5 Å². The summed E-state index contributed by atoms with van der Waals surface area (Å²) < 4.78 is 0. The Kier molecular flexibility index (Phi) is 5.59. The number of carboxylic acid groups (broad SMARTS) is 1. The van der Waals surface area contributed by atoms with Crippen LogP contribution in [0.3, 0.4) is 0 Å². The number of hydrogen-bond donors (Lipinski definition) is 2. The third kappa shape index (κ3) is 4.06. The number of carbonyl (C=O) groups is 3. The van der Waals surface area contributed by atoms with Gasteiger partial charge in [-0.25, -0.2) is 0 Å². The van der Waals surface area contributed by atoms with E-state index in [2.05, 4.69) is 5.32 Å². The zero-order valence-electron chi connectivity index (χ0n) is 15.1. The lowest BCUT2D eigenvalue weighted by Crippen LogP contribution is -2.53. The van der Waals surface area contributed by atoms with Crippen molar-refractivity contribution >= 4 is 23.5 Å². The quantitative estimate of drug-likeness (QED) is 0.866. The number of aliphatic carboxylic acids is 1. The number of anilines is 1. The van der Waals surface area contributed by atoms with Crippen molar-refractivity contribution in [2.45, 2.75) is 51.5 Å². The Bertz CT molecular complexity index is 686. The van der Waals surface area contributed by atoms with Gasteiger partial charge < -0.3 is 15.3 Å². The second kappa shape index (κ2) is 7.89. The van der Waals surface area contributed by atoms with E-state index in [-0.39, 0.29) is 17.7 Å². The molecule has 6 nitrogen and oxygen atoms in total. The summed E-state index contributed by atoms with van der Waals surface area (Å²) in [6.45, 7) is 2.65. The van der Waals surface area contributed by atoms with Gasteiger partial charge in [-0.05, 0) is 51.2 Å². The van der Waals surface area contributed by atoms with Crippen LogP contribution in [-0.2, 0) is 14.4 Å². The molecule has 2 amide bonds. The van der Waals surface area contributed by atoms with E-state index in [1.807, 2.05) is 31.2 Å². The minimum absolute atomic E-state index is 0.0842. The van der Waals surface area contributed by atoms with Crippen LogP contribution in [0.1, 0.15) is 44.1 Å². The molecule has 1 aliphatic carbocycles. The van der Waals surface area contributed by atoms with Crippen LogP contribution in [0, 0.1) is 18.8 Å². The third-order valence-corrected chi connectivity index (χ3v) is 5.50. The Hall–Kier alpha value is -2.37. The molecule has 1 saturated carbocycles. The van der Waals surface area contributed by atoms with Gasteiger partial charge in [0, 0.05) is 18.2 Å². The lowest BCUT2D eigenvalue weighted by Gasteiger charge is -2.34. The smallest absolute Gasteiger partial charge is 0.306 e. The molecule has 3 rings (SSSR count). The van der Waals surface area contributed by atoms with Crippen LogP contribution in [0.5, 0.6) is 0 Å². The van der Waals surface area contributed by atoms with Crippen molar-refractivity contribution in [3.8, 4) is 0 Å². The molecule has 2 aliphatic rings. The van der Waals surface area contributed by atoms with Gasteiger partial charge in [-0.15, -0.1) is 0 Å². The minimum atomic E-state index is -0.832. The number of nitrogens with zero attached hydrogens (tertiary/aromatic N) is 1. The number of rotatable bonds is 4. The summed E-state index contributed by atoms with van der Waals surface area (Å²) in [6.07, 6.45) is 3.88. The molecule has 1 heterocycles. The van der Waals surface area contributed by atoms with E-state index in [4.69, 9.17) is 0 Å². The summed E-state index contributed by atoms with van der Waals surface area (Å²) in [5.74, 6) is -1.86. The first-order valence-corrected chi connectivity index (χ1v) is 9.37. The van der Waals surface area contributed by atoms with Gasteiger partial charge in [0.2, 0.25) is 11.8 Å². The average Bonchev–Trinajstić information content (AvgIpc) is 2.64. The number of piperidine rings is 1. The lowest BCUT2D eigenvalue weighted by atomic mass is 9.81. The van der Waals surface area contributed by atoms with Crippen molar-refractivity contribution in [3.05, 3.63) is 29.8 Å². The normalized spacial score (nSPS) is 26.4. The molecule has 2 N–H and O–H groups in total. The van der Waals surface area contributed by atoms with E-state index in [0.717, 1.165) is 24.1 Å². The third-order valence-electron chi connectivity index (χ3n) is 5.50. The molecule has 1 aliphatic heterocycles. The predicted octanol–water partition coefficient (Wildman–Crippen LogP) is 2.50. The van der Waals surface area contributed by atoms with E-state index in [0.29, 0.717) is 32.2 Å². The van der Waals surface area contributed by atoms with Gasteiger partial charge >= 0.3 is 5.97 Å². The number of hydrogen-bond acceptors (Lipinski definition) is 3. The first-order chi connectivity index (χ1) is 12.5. The summed E-state index contributed by atoms with van der Waals surface area (Å²) in [7, 11) is 0. The highest BCUT2D eigenvalue weighted by Crippen LogP contribution is 2.30. The standard InChI is InChI=1S/C20H26N2O4/c1-13-7-9-16(10-8-13)22-11-3-6-17(19(22)24)21-18(23)14-4-2-5-15(12-14)20(25)26/h7-10,14-15,17H,2-6,11-12H2,1H3,(H,21,23)(H,25,26). The predicted molar refractivity (Wildman–Crippen MR) is 97.8 cm³/mol. The molecular formula is C20H26N2O4. The molecule has 26 heavy (non-hydrogen) atoms. The Labute approximate surface area is 153 Å². The van der Waals surface area contributed by atoms with E-state index in [1.54, 1.807) is 4.90 Å². The maximum absolute atomic E-state index is 12.8. The lowest BCUT2D eigenvalue weighted by molar-refractivity contribution is -0.144. The maximum Gasteiger partial charge on any atom is 0.306 e. The van der Waals surface area contributed by atoms with Crippen molar-refractivity contribution in [2.75, 3.05) is 11.4 Å². The molecular weight excluding hydrogens is 332 g/mol. The summed E-state index contributed by atoms with van der Waals surface area (Å²) >= 11 is 0. The van der Waals surface area contributed by atoms with Crippen molar-refractivity contribution in [1.29, 1.82) is 0 Å². The molecule has 2 fully saturated rings. The number of carboxylic acids is 1. The molecule has 0 bridgehead atoms. The number of benzene rings is 1. The van der Waals surface area contributed by atoms with Crippen LogP contribution in [-0.4, -0.2) is 35.5 Å². The first kappa shape index (κ1) is 18.4. The van der Waals surface area contributed by atoms with Gasteiger partial charge in [-0.2, -0.15) is 0 Å². The maximum atomic E-state index is 12.8. The summed E-state index contributed by atoms with van der Waals surface area (Å²) in [5.41, 5.74) is 1.98. The minimum Gasteiger partial charge on any atom is -0.481 e. The van der Waals surface area contributed by atoms with Crippen molar-refractivity contribution in [1.82, 2.24) is 5.32 Å². The highest BCUT2D eigenvalue weighted by molar-refractivity contribution is 6.00. The van der Waals surface area contributed by atoms with Crippen molar-refractivity contribution in [2.24, 2.45) is 11.8 Å². The zero-order valence-corrected chi connectivity index (χ0v) is 15.1. The molecule has 140 valence electrons. The van der Waals surface area contributed by atoms with E-state index in [1.165, 1.54) is 0 Å². The zero-order chi connectivity index (χ0) is 18.7. The fraction of sp³-hybridized carbons (Fsp3) is 0.550. The second-order valence-corrected chi connectivity index (χ2v) is 7.43.